The lowest BCUT2D eigenvalue weighted by Gasteiger charge is -2.06. The number of rotatable bonds is 4. The molecule has 4 nitrogen and oxygen atoms in total. The minimum Gasteiger partial charge on any atom is -0.508 e. The first-order valence-corrected chi connectivity index (χ1v) is 4.92. The molecule has 0 aliphatic rings. The maximum Gasteiger partial charge on any atom is 0.224 e. The zero-order chi connectivity index (χ0) is 11.3. The molecule has 0 radical (unpaired) electrons. The number of nitrogens with one attached hydrogen (secondary N) is 1. The van der Waals surface area contributed by atoms with Crippen molar-refractivity contribution in [1.82, 2.24) is 0 Å². The van der Waals surface area contributed by atoms with Crippen LogP contribution >= 0.6 is 0 Å². The van der Waals surface area contributed by atoms with Crippen molar-refractivity contribution in [3.63, 3.8) is 0 Å². The van der Waals surface area contributed by atoms with E-state index in [1.807, 2.05) is 6.92 Å². The van der Waals surface area contributed by atoms with Crippen LogP contribution in [0.1, 0.15) is 19.8 Å². The van der Waals surface area contributed by atoms with Gasteiger partial charge in [0.2, 0.25) is 5.91 Å². The summed E-state index contributed by atoms with van der Waals surface area (Å²) in [4.78, 5) is 11.4. The van der Waals surface area contributed by atoms with Gasteiger partial charge in [-0.2, -0.15) is 0 Å². The first-order chi connectivity index (χ1) is 7.08. The molecule has 4 heteroatoms. The molecule has 1 unspecified atom stereocenters. The zero-order valence-corrected chi connectivity index (χ0v) is 8.73. The van der Waals surface area contributed by atoms with Crippen LogP contribution in [0.25, 0.3) is 0 Å². The quantitative estimate of drug-likeness (QED) is 0.656. The predicted molar refractivity (Wildman–Crippen MR) is 59.6 cm³/mol. The fraction of sp³-hybridized carbons (Fsp3) is 0.364. The van der Waals surface area contributed by atoms with Crippen molar-refractivity contribution < 1.29 is 9.90 Å². The van der Waals surface area contributed by atoms with E-state index >= 15 is 0 Å². The Bertz CT molecular complexity index is 320. The lowest BCUT2D eigenvalue weighted by molar-refractivity contribution is -0.116. The van der Waals surface area contributed by atoms with Crippen molar-refractivity contribution >= 4 is 11.6 Å². The van der Waals surface area contributed by atoms with Crippen molar-refractivity contribution in [3.05, 3.63) is 24.3 Å². The molecule has 82 valence electrons. The summed E-state index contributed by atoms with van der Waals surface area (Å²) >= 11 is 0. The highest BCUT2D eigenvalue weighted by Gasteiger charge is 2.03. The summed E-state index contributed by atoms with van der Waals surface area (Å²) in [6.07, 6.45) is 1.09. The molecule has 1 atom stereocenters. The minimum atomic E-state index is -0.0574. The number of carbonyl (C=O) groups excluding carboxylic acids is 1. The Balaban J connectivity index is 2.41. The summed E-state index contributed by atoms with van der Waals surface area (Å²) in [5, 5.41) is 11.8. The maximum atomic E-state index is 11.4. The molecule has 1 amide bonds. The standard InChI is InChI=1S/C11H16N2O2/c1-8(12)2-7-11(15)13-9-3-5-10(14)6-4-9/h3-6,8,14H,2,7,12H2,1H3,(H,13,15). The summed E-state index contributed by atoms with van der Waals surface area (Å²) in [5.74, 6) is 0.126. The number of aromatic hydroxyl groups is 1. The van der Waals surface area contributed by atoms with Crippen LogP contribution in [0.4, 0.5) is 5.69 Å². The lowest BCUT2D eigenvalue weighted by Crippen LogP contribution is -2.19. The van der Waals surface area contributed by atoms with Gasteiger partial charge in [-0.05, 0) is 37.6 Å². The molecule has 1 rings (SSSR count). The van der Waals surface area contributed by atoms with Crippen LogP contribution in [0.15, 0.2) is 24.3 Å². The van der Waals surface area contributed by atoms with Crippen molar-refractivity contribution in [2.75, 3.05) is 5.32 Å². The van der Waals surface area contributed by atoms with Gasteiger partial charge in [0, 0.05) is 18.2 Å². The Labute approximate surface area is 89.1 Å². The van der Waals surface area contributed by atoms with Gasteiger partial charge in [0.25, 0.3) is 0 Å². The topological polar surface area (TPSA) is 75.4 Å². The van der Waals surface area contributed by atoms with Crippen LogP contribution in [-0.4, -0.2) is 17.1 Å². The van der Waals surface area contributed by atoms with Crippen molar-refractivity contribution in [2.45, 2.75) is 25.8 Å². The van der Waals surface area contributed by atoms with E-state index in [4.69, 9.17) is 10.8 Å². The number of benzene rings is 1. The van der Waals surface area contributed by atoms with Gasteiger partial charge in [0.1, 0.15) is 5.75 Å². The summed E-state index contributed by atoms with van der Waals surface area (Å²) in [6, 6.07) is 6.40. The summed E-state index contributed by atoms with van der Waals surface area (Å²) < 4.78 is 0. The third kappa shape index (κ3) is 4.46. The number of phenols is 1. The molecule has 0 aliphatic heterocycles. The summed E-state index contributed by atoms with van der Waals surface area (Å²) in [6.45, 7) is 1.87. The third-order valence-corrected chi connectivity index (χ3v) is 1.98. The minimum absolute atomic E-state index is 0.0376. The molecule has 0 bridgehead atoms. The number of hydrogen-bond acceptors (Lipinski definition) is 3. The molecular formula is C11H16N2O2. The SMILES string of the molecule is CC(N)CCC(=O)Nc1ccc(O)cc1. The highest BCUT2D eigenvalue weighted by atomic mass is 16.3. The number of nitrogens with two attached hydrogens (primary N) is 1. The van der Waals surface area contributed by atoms with E-state index in [9.17, 15) is 4.79 Å². The van der Waals surface area contributed by atoms with Crippen LogP contribution in [0, 0.1) is 0 Å². The molecule has 0 fully saturated rings. The van der Waals surface area contributed by atoms with Crippen LogP contribution in [0.2, 0.25) is 0 Å². The smallest absolute Gasteiger partial charge is 0.224 e. The van der Waals surface area contributed by atoms with E-state index in [0.717, 1.165) is 0 Å². The molecule has 1 aromatic rings. The molecule has 0 heterocycles. The van der Waals surface area contributed by atoms with Crippen molar-refractivity contribution in [1.29, 1.82) is 0 Å². The van der Waals surface area contributed by atoms with Crippen molar-refractivity contribution in [2.24, 2.45) is 5.73 Å². The third-order valence-electron chi connectivity index (χ3n) is 1.98. The van der Waals surface area contributed by atoms with Gasteiger partial charge in [-0.15, -0.1) is 0 Å². The van der Waals surface area contributed by atoms with Gasteiger partial charge >= 0.3 is 0 Å². The van der Waals surface area contributed by atoms with Gasteiger partial charge in [0.15, 0.2) is 0 Å². The molecule has 15 heavy (non-hydrogen) atoms. The van der Waals surface area contributed by atoms with Crippen molar-refractivity contribution in [3.8, 4) is 5.75 Å². The first-order valence-electron chi connectivity index (χ1n) is 4.92. The van der Waals surface area contributed by atoms with Crippen LogP contribution in [-0.2, 0) is 4.79 Å². The van der Waals surface area contributed by atoms with Gasteiger partial charge in [-0.1, -0.05) is 0 Å². The predicted octanol–water partition coefficient (Wildman–Crippen LogP) is 1.46. The number of carbonyl (C=O) groups is 1. The first kappa shape index (κ1) is 11.5. The molecule has 0 saturated carbocycles. The van der Waals surface area contributed by atoms with Gasteiger partial charge in [-0.3, -0.25) is 4.79 Å². The van der Waals surface area contributed by atoms with E-state index in [1.165, 1.54) is 12.1 Å². The number of hydrogen-bond donors (Lipinski definition) is 3. The van der Waals surface area contributed by atoms with Crippen LogP contribution < -0.4 is 11.1 Å². The molecule has 1 aromatic carbocycles. The highest BCUT2D eigenvalue weighted by molar-refractivity contribution is 5.90. The monoisotopic (exact) mass is 208 g/mol. The number of amides is 1. The number of anilines is 1. The fourth-order valence-corrected chi connectivity index (χ4v) is 1.13. The van der Waals surface area contributed by atoms with E-state index < -0.39 is 0 Å². The molecular weight excluding hydrogens is 192 g/mol. The zero-order valence-electron chi connectivity index (χ0n) is 8.73. The highest BCUT2D eigenvalue weighted by Crippen LogP contribution is 2.13. The van der Waals surface area contributed by atoms with Crippen LogP contribution in [0.3, 0.4) is 0 Å². The second kappa shape index (κ2) is 5.36. The summed E-state index contributed by atoms with van der Waals surface area (Å²) in [5.41, 5.74) is 6.22. The fourth-order valence-electron chi connectivity index (χ4n) is 1.13. The van der Waals surface area contributed by atoms with Gasteiger partial charge in [0.05, 0.1) is 0 Å². The molecule has 0 spiro atoms. The van der Waals surface area contributed by atoms with E-state index in [1.54, 1.807) is 12.1 Å². The second-order valence-corrected chi connectivity index (χ2v) is 3.61. The number of phenolic OH excluding ortho intramolecular Hbond substituents is 1. The van der Waals surface area contributed by atoms with Crippen LogP contribution in [0.5, 0.6) is 5.75 Å². The average Bonchev–Trinajstić information content (AvgIpc) is 2.19. The van der Waals surface area contributed by atoms with Gasteiger partial charge in [-0.25, -0.2) is 0 Å². The lowest BCUT2D eigenvalue weighted by atomic mass is 10.2. The molecule has 4 N–H and O–H groups in total. The van der Waals surface area contributed by atoms with E-state index in [2.05, 4.69) is 5.32 Å². The Kier molecular flexibility index (Phi) is 4.12. The molecule has 0 aromatic heterocycles. The summed E-state index contributed by atoms with van der Waals surface area (Å²) in [7, 11) is 0. The largest absolute Gasteiger partial charge is 0.508 e. The average molecular weight is 208 g/mol. The van der Waals surface area contributed by atoms with Gasteiger partial charge < -0.3 is 16.2 Å². The Morgan fingerprint density at radius 3 is 2.60 bits per heavy atom. The van der Waals surface area contributed by atoms with E-state index in [-0.39, 0.29) is 17.7 Å². The Morgan fingerprint density at radius 1 is 1.47 bits per heavy atom. The maximum absolute atomic E-state index is 11.4. The Morgan fingerprint density at radius 2 is 2.07 bits per heavy atom. The molecule has 0 aliphatic carbocycles. The second-order valence-electron chi connectivity index (χ2n) is 3.61. The normalized spacial score (nSPS) is 12.1. The van der Waals surface area contributed by atoms with E-state index in [0.29, 0.717) is 18.5 Å². The Hall–Kier alpha value is -1.55. The molecule has 0 saturated heterocycles.